The summed E-state index contributed by atoms with van der Waals surface area (Å²) < 4.78 is 42.7. The zero-order valence-electron chi connectivity index (χ0n) is 14.1. The van der Waals surface area contributed by atoms with Crippen LogP contribution < -0.4 is 15.6 Å². The molecule has 0 spiro atoms. The molecule has 2 N–H and O–H groups in total. The molecule has 2 aromatic rings. The number of halogens is 5. The number of alkyl halides is 3. The Balaban J connectivity index is 1.71. The molecule has 0 saturated heterocycles. The number of nitrogens with one attached hydrogen (secondary N) is 2. The van der Waals surface area contributed by atoms with Gasteiger partial charge in [-0.3, -0.25) is 25.4 Å². The molecule has 2 amide bonds. The van der Waals surface area contributed by atoms with E-state index in [2.05, 4.69) is 15.8 Å². The normalized spacial score (nSPS) is 11.0. The highest BCUT2D eigenvalue weighted by atomic mass is 35.5. The Morgan fingerprint density at radius 1 is 1.11 bits per heavy atom. The molecule has 6 nitrogen and oxygen atoms in total. The molecular weight excluding hydrogens is 422 g/mol. The molecule has 0 aliphatic heterocycles. The number of hydrogen-bond donors (Lipinski definition) is 2. The van der Waals surface area contributed by atoms with E-state index in [1.807, 2.05) is 0 Å². The molecule has 1 aromatic heterocycles. The van der Waals surface area contributed by atoms with Gasteiger partial charge in [0.2, 0.25) is 5.91 Å². The molecule has 0 unspecified atom stereocenters. The van der Waals surface area contributed by atoms with Crippen molar-refractivity contribution in [1.82, 2.24) is 15.8 Å². The van der Waals surface area contributed by atoms with Crippen LogP contribution in [-0.2, 0) is 11.0 Å². The van der Waals surface area contributed by atoms with Crippen molar-refractivity contribution in [3.63, 3.8) is 0 Å². The molecule has 1 heterocycles. The minimum Gasteiger partial charge on any atom is -0.492 e. The first-order valence-electron chi connectivity index (χ1n) is 7.87. The summed E-state index contributed by atoms with van der Waals surface area (Å²) in [6, 6.07) is 6.37. The number of amides is 2. The number of hydrogen-bond acceptors (Lipinski definition) is 4. The van der Waals surface area contributed by atoms with Crippen molar-refractivity contribution in [2.45, 2.75) is 19.0 Å². The number of benzene rings is 1. The SMILES string of the molecule is O=C(CCCOc1ccc(Cl)cc1Cl)NNC(=O)c1ccc(C(F)(F)F)nc1. The number of carbonyl (C=O) groups is 2. The maximum atomic E-state index is 12.4. The average Bonchev–Trinajstić information content (AvgIpc) is 2.64. The summed E-state index contributed by atoms with van der Waals surface area (Å²) in [5.41, 5.74) is 3.00. The van der Waals surface area contributed by atoms with E-state index in [1.165, 1.54) is 6.07 Å². The highest BCUT2D eigenvalue weighted by Crippen LogP contribution is 2.28. The van der Waals surface area contributed by atoms with Crippen molar-refractivity contribution < 1.29 is 27.5 Å². The lowest BCUT2D eigenvalue weighted by Crippen LogP contribution is -2.41. The van der Waals surface area contributed by atoms with Gasteiger partial charge in [-0.15, -0.1) is 0 Å². The molecule has 0 fully saturated rings. The van der Waals surface area contributed by atoms with Crippen LogP contribution in [0.4, 0.5) is 13.2 Å². The molecule has 11 heteroatoms. The van der Waals surface area contributed by atoms with Gasteiger partial charge in [0.15, 0.2) is 0 Å². The van der Waals surface area contributed by atoms with E-state index in [1.54, 1.807) is 12.1 Å². The molecule has 0 aliphatic carbocycles. The summed E-state index contributed by atoms with van der Waals surface area (Å²) in [5.74, 6) is -0.868. The van der Waals surface area contributed by atoms with Gasteiger partial charge in [-0.2, -0.15) is 13.2 Å². The van der Waals surface area contributed by atoms with Gasteiger partial charge in [0.25, 0.3) is 5.91 Å². The smallest absolute Gasteiger partial charge is 0.433 e. The third kappa shape index (κ3) is 6.58. The molecule has 0 atom stereocenters. The lowest BCUT2D eigenvalue weighted by molar-refractivity contribution is -0.141. The van der Waals surface area contributed by atoms with E-state index < -0.39 is 23.7 Å². The standard InChI is InChI=1S/C17H14Cl2F3N3O3/c18-11-4-5-13(12(19)8-11)28-7-1-2-15(26)24-25-16(27)10-3-6-14(23-9-10)17(20,21)22/h3-6,8-9H,1-2,7H2,(H,24,26)(H,25,27). The number of pyridine rings is 1. The van der Waals surface area contributed by atoms with Crippen LogP contribution in [0.15, 0.2) is 36.5 Å². The Hall–Kier alpha value is -2.52. The predicted molar refractivity (Wildman–Crippen MR) is 96.0 cm³/mol. The third-order valence-corrected chi connectivity index (χ3v) is 3.86. The molecule has 0 saturated carbocycles. The van der Waals surface area contributed by atoms with Crippen molar-refractivity contribution >= 4 is 35.0 Å². The maximum Gasteiger partial charge on any atom is 0.433 e. The van der Waals surface area contributed by atoms with Crippen molar-refractivity contribution in [3.8, 4) is 5.75 Å². The fraction of sp³-hybridized carbons (Fsp3) is 0.235. The van der Waals surface area contributed by atoms with Gasteiger partial charge in [0.1, 0.15) is 11.4 Å². The van der Waals surface area contributed by atoms with E-state index >= 15 is 0 Å². The summed E-state index contributed by atoms with van der Waals surface area (Å²) in [6.45, 7) is 0.200. The van der Waals surface area contributed by atoms with Gasteiger partial charge in [0.05, 0.1) is 17.2 Å². The Kier molecular flexibility index (Phi) is 7.47. The van der Waals surface area contributed by atoms with E-state index in [-0.39, 0.29) is 18.6 Å². The van der Waals surface area contributed by atoms with E-state index in [9.17, 15) is 22.8 Å². The largest absolute Gasteiger partial charge is 0.492 e. The van der Waals surface area contributed by atoms with Crippen LogP contribution in [-0.4, -0.2) is 23.4 Å². The van der Waals surface area contributed by atoms with Gasteiger partial charge >= 0.3 is 6.18 Å². The Morgan fingerprint density at radius 3 is 2.46 bits per heavy atom. The molecule has 0 radical (unpaired) electrons. The maximum absolute atomic E-state index is 12.4. The Labute approximate surface area is 168 Å². The molecule has 150 valence electrons. The van der Waals surface area contributed by atoms with Crippen LogP contribution in [0.2, 0.25) is 10.0 Å². The molecule has 28 heavy (non-hydrogen) atoms. The number of hydrazine groups is 1. The van der Waals surface area contributed by atoms with Crippen LogP contribution in [0.25, 0.3) is 0 Å². The van der Waals surface area contributed by atoms with E-state index in [0.29, 0.717) is 28.3 Å². The summed E-state index contributed by atoms with van der Waals surface area (Å²) in [6.07, 6.45) is -3.45. The van der Waals surface area contributed by atoms with E-state index in [0.717, 1.165) is 12.3 Å². The lowest BCUT2D eigenvalue weighted by atomic mass is 10.2. The van der Waals surface area contributed by atoms with Crippen LogP contribution >= 0.6 is 23.2 Å². The van der Waals surface area contributed by atoms with Gasteiger partial charge in [-0.25, -0.2) is 0 Å². The summed E-state index contributed by atoms with van der Waals surface area (Å²) in [4.78, 5) is 26.7. The van der Waals surface area contributed by atoms with Crippen LogP contribution in [0.5, 0.6) is 5.75 Å². The molecular formula is C17H14Cl2F3N3O3. The zero-order chi connectivity index (χ0) is 20.7. The highest BCUT2D eigenvalue weighted by molar-refractivity contribution is 6.35. The fourth-order valence-electron chi connectivity index (χ4n) is 1.96. The van der Waals surface area contributed by atoms with Crippen LogP contribution in [0, 0.1) is 0 Å². The van der Waals surface area contributed by atoms with E-state index in [4.69, 9.17) is 27.9 Å². The molecule has 1 aromatic carbocycles. The second-order valence-electron chi connectivity index (χ2n) is 5.46. The number of ether oxygens (including phenoxy) is 1. The van der Waals surface area contributed by atoms with Crippen molar-refractivity contribution in [2.24, 2.45) is 0 Å². The fourth-order valence-corrected chi connectivity index (χ4v) is 2.43. The summed E-state index contributed by atoms with van der Waals surface area (Å²) in [5, 5.41) is 0.810. The third-order valence-electron chi connectivity index (χ3n) is 3.33. The van der Waals surface area contributed by atoms with Gasteiger partial charge in [-0.05, 0) is 36.8 Å². The van der Waals surface area contributed by atoms with Gasteiger partial charge in [0, 0.05) is 17.6 Å². The number of rotatable bonds is 6. The Morgan fingerprint density at radius 2 is 1.86 bits per heavy atom. The second-order valence-corrected chi connectivity index (χ2v) is 6.30. The topological polar surface area (TPSA) is 80.3 Å². The first-order chi connectivity index (χ1) is 13.2. The monoisotopic (exact) mass is 435 g/mol. The summed E-state index contributed by atoms with van der Waals surface area (Å²) in [7, 11) is 0. The number of aromatic nitrogens is 1. The van der Waals surface area contributed by atoms with Crippen molar-refractivity contribution in [1.29, 1.82) is 0 Å². The first-order valence-corrected chi connectivity index (χ1v) is 8.62. The minimum atomic E-state index is -4.60. The number of carbonyl (C=O) groups excluding carboxylic acids is 2. The quantitative estimate of drug-likeness (QED) is 0.530. The Bertz CT molecular complexity index is 846. The van der Waals surface area contributed by atoms with Gasteiger partial charge < -0.3 is 4.74 Å². The predicted octanol–water partition coefficient (Wildman–Crippen LogP) is 4.03. The summed E-state index contributed by atoms with van der Waals surface area (Å²) >= 11 is 11.7. The molecule has 2 rings (SSSR count). The first kappa shape index (κ1) is 21.8. The van der Waals surface area contributed by atoms with Crippen LogP contribution in [0.3, 0.4) is 0 Å². The molecule has 0 bridgehead atoms. The lowest BCUT2D eigenvalue weighted by Gasteiger charge is -2.10. The highest BCUT2D eigenvalue weighted by Gasteiger charge is 2.32. The van der Waals surface area contributed by atoms with Crippen molar-refractivity contribution in [3.05, 3.63) is 57.8 Å². The zero-order valence-corrected chi connectivity index (χ0v) is 15.7. The van der Waals surface area contributed by atoms with Crippen LogP contribution in [0.1, 0.15) is 28.9 Å². The average molecular weight is 436 g/mol. The van der Waals surface area contributed by atoms with Crippen molar-refractivity contribution in [2.75, 3.05) is 6.61 Å². The number of nitrogens with zero attached hydrogens (tertiary/aromatic N) is 1. The second kappa shape index (κ2) is 9.61. The minimum absolute atomic E-state index is 0.0384. The van der Waals surface area contributed by atoms with Gasteiger partial charge in [-0.1, -0.05) is 23.2 Å². The molecule has 0 aliphatic rings.